The quantitative estimate of drug-likeness (QED) is 0.929. The third kappa shape index (κ3) is 2.95. The van der Waals surface area contributed by atoms with E-state index in [1.807, 2.05) is 0 Å². The minimum absolute atomic E-state index is 0.0293. The summed E-state index contributed by atoms with van der Waals surface area (Å²) in [6.07, 6.45) is 2.83. The smallest absolute Gasteiger partial charge is 0.248 e. The highest BCUT2D eigenvalue weighted by atomic mass is 32.2. The molecule has 1 aliphatic heterocycles. The number of anilines is 1. The number of carbonyl (C=O) groups excluding carboxylic acids is 2. The van der Waals surface area contributed by atoms with Gasteiger partial charge >= 0.3 is 0 Å². The monoisotopic (exact) mass is 326 g/mol. The van der Waals surface area contributed by atoms with Gasteiger partial charge in [-0.2, -0.15) is 0 Å². The number of rotatable bonds is 3. The van der Waals surface area contributed by atoms with E-state index in [9.17, 15) is 18.4 Å². The molecule has 7 heteroatoms. The summed E-state index contributed by atoms with van der Waals surface area (Å²) in [6.45, 7) is 0. The number of thioether (sulfide) groups is 1. The first-order valence-electron chi connectivity index (χ1n) is 7.20. The van der Waals surface area contributed by atoms with E-state index in [0.29, 0.717) is 11.6 Å². The van der Waals surface area contributed by atoms with E-state index in [0.717, 1.165) is 31.4 Å². The molecule has 2 aliphatic rings. The topological polar surface area (TPSA) is 49.4 Å². The summed E-state index contributed by atoms with van der Waals surface area (Å²) in [5, 5.41) is 2.56. The molecule has 1 atom stereocenters. The van der Waals surface area contributed by atoms with Gasteiger partial charge in [0, 0.05) is 23.4 Å². The van der Waals surface area contributed by atoms with Crippen LogP contribution < -0.4 is 5.32 Å². The molecule has 3 rings (SSSR count). The van der Waals surface area contributed by atoms with Crippen LogP contribution in [0.3, 0.4) is 0 Å². The van der Waals surface area contributed by atoms with Crippen LogP contribution in [0.15, 0.2) is 18.2 Å². The van der Waals surface area contributed by atoms with E-state index in [4.69, 9.17) is 0 Å². The van der Waals surface area contributed by atoms with Crippen molar-refractivity contribution in [3.63, 3.8) is 0 Å². The second kappa shape index (κ2) is 6.24. The summed E-state index contributed by atoms with van der Waals surface area (Å²) in [7, 11) is 0. The molecule has 22 heavy (non-hydrogen) atoms. The van der Waals surface area contributed by atoms with E-state index < -0.39 is 17.7 Å². The third-order valence-corrected chi connectivity index (χ3v) is 5.12. The molecule has 1 aliphatic carbocycles. The zero-order chi connectivity index (χ0) is 15.7. The van der Waals surface area contributed by atoms with Crippen molar-refractivity contribution in [2.24, 2.45) is 5.92 Å². The first kappa shape index (κ1) is 15.3. The molecule has 0 spiro atoms. The first-order valence-corrected chi connectivity index (χ1v) is 8.36. The normalized spacial score (nSPS) is 21.5. The first-order chi connectivity index (χ1) is 10.6. The van der Waals surface area contributed by atoms with E-state index in [2.05, 4.69) is 5.32 Å². The van der Waals surface area contributed by atoms with Crippen molar-refractivity contribution >= 4 is 29.3 Å². The molecule has 1 aromatic carbocycles. The fourth-order valence-corrected chi connectivity index (χ4v) is 3.73. The van der Waals surface area contributed by atoms with Crippen LogP contribution in [0, 0.1) is 17.6 Å². The minimum atomic E-state index is -1.01. The van der Waals surface area contributed by atoms with Crippen molar-refractivity contribution in [2.75, 3.05) is 16.9 Å². The van der Waals surface area contributed by atoms with E-state index >= 15 is 0 Å². The summed E-state index contributed by atoms with van der Waals surface area (Å²) < 4.78 is 26.1. The van der Waals surface area contributed by atoms with Gasteiger partial charge in [-0.3, -0.25) is 9.59 Å². The van der Waals surface area contributed by atoms with Crippen molar-refractivity contribution in [2.45, 2.75) is 25.3 Å². The number of hydrogen-bond donors (Lipinski definition) is 1. The molecule has 1 saturated carbocycles. The summed E-state index contributed by atoms with van der Waals surface area (Å²) in [6, 6.07) is 2.65. The van der Waals surface area contributed by atoms with Crippen LogP contribution >= 0.6 is 11.8 Å². The van der Waals surface area contributed by atoms with Crippen LogP contribution in [0.5, 0.6) is 0 Å². The molecule has 1 saturated heterocycles. The van der Waals surface area contributed by atoms with Crippen LogP contribution in [0.4, 0.5) is 14.5 Å². The third-order valence-electron chi connectivity index (χ3n) is 4.11. The van der Waals surface area contributed by atoms with Crippen molar-refractivity contribution in [1.82, 2.24) is 4.90 Å². The van der Waals surface area contributed by atoms with Crippen LogP contribution in [0.25, 0.3) is 0 Å². The second-order valence-electron chi connectivity index (χ2n) is 5.57. The Morgan fingerprint density at radius 2 is 2.00 bits per heavy atom. The average Bonchev–Trinajstić information content (AvgIpc) is 2.90. The highest BCUT2D eigenvalue weighted by Gasteiger charge is 2.39. The predicted octanol–water partition coefficient (Wildman–Crippen LogP) is 2.60. The summed E-state index contributed by atoms with van der Waals surface area (Å²) in [4.78, 5) is 26.2. The molecular weight excluding hydrogens is 310 g/mol. The minimum Gasteiger partial charge on any atom is -0.324 e. The molecule has 0 aromatic heterocycles. The predicted molar refractivity (Wildman–Crippen MR) is 80.3 cm³/mol. The number of benzene rings is 1. The number of carbonyl (C=O) groups is 2. The van der Waals surface area contributed by atoms with Gasteiger partial charge in [0.05, 0.1) is 5.88 Å². The standard InChI is InChI=1S/C15H16F2N2O2S/c16-11-5-4-10(6-12(11)17)18-14(20)13-7-22-8-19(13)15(21)9-2-1-3-9/h4-6,9,13H,1-3,7-8H2,(H,18,20). The lowest BCUT2D eigenvalue weighted by Gasteiger charge is -2.31. The fraction of sp³-hybridized carbons (Fsp3) is 0.467. The number of nitrogens with one attached hydrogen (secondary N) is 1. The van der Waals surface area contributed by atoms with Crippen LogP contribution in [0.2, 0.25) is 0 Å². The van der Waals surface area contributed by atoms with E-state index in [1.54, 1.807) is 4.90 Å². The van der Waals surface area contributed by atoms with Gasteiger partial charge in [-0.25, -0.2) is 8.78 Å². The molecule has 1 unspecified atom stereocenters. The molecule has 118 valence electrons. The average molecular weight is 326 g/mol. The Labute approximate surface area is 131 Å². The van der Waals surface area contributed by atoms with Crippen molar-refractivity contribution in [3.8, 4) is 0 Å². The molecule has 2 fully saturated rings. The summed E-state index contributed by atoms with van der Waals surface area (Å²) in [5.74, 6) is -1.24. The SMILES string of the molecule is O=C(Nc1ccc(F)c(F)c1)C1CSCN1C(=O)C1CCC1. The zero-order valence-corrected chi connectivity index (χ0v) is 12.7. The van der Waals surface area contributed by atoms with Gasteiger partial charge in [0.1, 0.15) is 6.04 Å². The Bertz CT molecular complexity index is 607. The molecule has 1 N–H and O–H groups in total. The lowest BCUT2D eigenvalue weighted by atomic mass is 9.84. The van der Waals surface area contributed by atoms with Gasteiger partial charge in [0.15, 0.2) is 11.6 Å². The number of nitrogens with zero attached hydrogens (tertiary/aromatic N) is 1. The van der Waals surface area contributed by atoms with Gasteiger partial charge < -0.3 is 10.2 Å². The fourth-order valence-electron chi connectivity index (χ4n) is 2.57. The molecule has 1 heterocycles. The summed E-state index contributed by atoms with van der Waals surface area (Å²) in [5.41, 5.74) is 0.192. The Balaban J connectivity index is 1.67. The molecular formula is C15H16F2N2O2S. The van der Waals surface area contributed by atoms with Gasteiger partial charge in [-0.05, 0) is 25.0 Å². The lowest BCUT2D eigenvalue weighted by molar-refractivity contribution is -0.141. The van der Waals surface area contributed by atoms with Gasteiger partial charge in [0.2, 0.25) is 11.8 Å². The Morgan fingerprint density at radius 1 is 1.23 bits per heavy atom. The zero-order valence-electron chi connectivity index (χ0n) is 11.9. The van der Waals surface area contributed by atoms with Crippen LogP contribution in [-0.2, 0) is 9.59 Å². The maximum atomic E-state index is 13.2. The molecule has 4 nitrogen and oxygen atoms in total. The van der Waals surface area contributed by atoms with Crippen molar-refractivity contribution in [3.05, 3.63) is 29.8 Å². The Kier molecular flexibility index (Phi) is 4.33. The maximum absolute atomic E-state index is 13.2. The van der Waals surface area contributed by atoms with Gasteiger partial charge in [0.25, 0.3) is 0 Å². The van der Waals surface area contributed by atoms with Gasteiger partial charge in [-0.15, -0.1) is 11.8 Å². The van der Waals surface area contributed by atoms with E-state index in [1.165, 1.54) is 17.8 Å². The van der Waals surface area contributed by atoms with Crippen molar-refractivity contribution in [1.29, 1.82) is 0 Å². The van der Waals surface area contributed by atoms with Crippen LogP contribution in [0.1, 0.15) is 19.3 Å². The molecule has 1 aromatic rings. The van der Waals surface area contributed by atoms with E-state index in [-0.39, 0.29) is 23.4 Å². The number of halogens is 2. The maximum Gasteiger partial charge on any atom is 0.248 e. The van der Waals surface area contributed by atoms with Gasteiger partial charge in [-0.1, -0.05) is 6.42 Å². The molecule has 0 radical (unpaired) electrons. The summed E-state index contributed by atoms with van der Waals surface area (Å²) >= 11 is 1.53. The highest BCUT2D eigenvalue weighted by Crippen LogP contribution is 2.32. The largest absolute Gasteiger partial charge is 0.324 e. The highest BCUT2D eigenvalue weighted by molar-refractivity contribution is 7.99. The Morgan fingerprint density at radius 3 is 2.64 bits per heavy atom. The second-order valence-corrected chi connectivity index (χ2v) is 6.57. The molecule has 0 bridgehead atoms. The van der Waals surface area contributed by atoms with Crippen molar-refractivity contribution < 1.29 is 18.4 Å². The van der Waals surface area contributed by atoms with Crippen LogP contribution in [-0.4, -0.2) is 34.4 Å². The lowest BCUT2D eigenvalue weighted by Crippen LogP contribution is -2.47. The Hall–Kier alpha value is -1.63. The number of hydrogen-bond acceptors (Lipinski definition) is 3. The molecule has 2 amide bonds. The number of amides is 2.